The summed E-state index contributed by atoms with van der Waals surface area (Å²) in [5.74, 6) is -0.201. The Kier molecular flexibility index (Phi) is 4.21. The zero-order chi connectivity index (χ0) is 9.52. The van der Waals surface area contributed by atoms with E-state index in [1.165, 1.54) is 0 Å². The maximum Gasteiger partial charge on any atom is 0.253 e. The van der Waals surface area contributed by atoms with Crippen LogP contribution in [0.25, 0.3) is 0 Å². The molecule has 0 spiro atoms. The second kappa shape index (κ2) is 5.50. The van der Waals surface area contributed by atoms with E-state index < -0.39 is 0 Å². The molecule has 0 aromatic carbocycles. The minimum atomic E-state index is -0.201. The van der Waals surface area contributed by atoms with Gasteiger partial charge in [0.25, 0.3) is 5.91 Å². The van der Waals surface area contributed by atoms with Crippen molar-refractivity contribution < 1.29 is 9.53 Å². The van der Waals surface area contributed by atoms with E-state index >= 15 is 0 Å². The van der Waals surface area contributed by atoms with Crippen LogP contribution in [0.15, 0.2) is 24.5 Å². The lowest BCUT2D eigenvalue weighted by atomic mass is 10.2. The Hall–Kier alpha value is -1.13. The number of pyridine rings is 1. The van der Waals surface area contributed by atoms with E-state index in [4.69, 9.17) is 16.3 Å². The van der Waals surface area contributed by atoms with Gasteiger partial charge < -0.3 is 10.1 Å². The van der Waals surface area contributed by atoms with Crippen molar-refractivity contribution in [2.75, 3.05) is 12.8 Å². The highest BCUT2D eigenvalue weighted by Gasteiger charge is 2.02. The summed E-state index contributed by atoms with van der Waals surface area (Å²) in [5, 5.41) is 2.53. The lowest BCUT2D eigenvalue weighted by Crippen LogP contribution is -2.25. The maximum absolute atomic E-state index is 11.3. The summed E-state index contributed by atoms with van der Waals surface area (Å²) in [6, 6.07) is 3.31. The first kappa shape index (κ1) is 9.95. The number of carbonyl (C=O) groups excluding carboxylic acids is 1. The number of halogens is 1. The van der Waals surface area contributed by atoms with Crippen LogP contribution in [0.5, 0.6) is 0 Å². The number of ether oxygens (including phenoxy) is 1. The average Bonchev–Trinajstić information content (AvgIpc) is 2.19. The van der Waals surface area contributed by atoms with Gasteiger partial charge in [0.15, 0.2) is 0 Å². The zero-order valence-corrected chi connectivity index (χ0v) is 7.62. The molecular weight excluding hydrogens is 192 g/mol. The third-order valence-corrected chi connectivity index (χ3v) is 1.51. The summed E-state index contributed by atoms with van der Waals surface area (Å²) in [4.78, 5) is 15.0. The molecule has 5 heteroatoms. The van der Waals surface area contributed by atoms with Gasteiger partial charge in [-0.3, -0.25) is 9.78 Å². The van der Waals surface area contributed by atoms with Gasteiger partial charge >= 0.3 is 0 Å². The number of carbonyl (C=O) groups is 1. The Bertz CT molecular complexity index is 266. The molecule has 70 valence electrons. The zero-order valence-electron chi connectivity index (χ0n) is 6.87. The topological polar surface area (TPSA) is 51.2 Å². The van der Waals surface area contributed by atoms with Gasteiger partial charge in [0.2, 0.25) is 0 Å². The number of alkyl halides is 1. The largest absolute Gasteiger partial charge is 0.346 e. The molecule has 0 saturated heterocycles. The first-order chi connectivity index (χ1) is 6.34. The van der Waals surface area contributed by atoms with Crippen LogP contribution in [0.4, 0.5) is 0 Å². The minimum Gasteiger partial charge on any atom is -0.346 e. The average molecular weight is 201 g/mol. The SMILES string of the molecule is O=C(NCOCCl)c1ccncc1. The van der Waals surface area contributed by atoms with Gasteiger partial charge in [-0.25, -0.2) is 0 Å². The molecule has 0 aliphatic carbocycles. The number of nitrogens with one attached hydrogen (secondary N) is 1. The fourth-order valence-electron chi connectivity index (χ4n) is 0.761. The number of aromatic nitrogens is 1. The van der Waals surface area contributed by atoms with Gasteiger partial charge in [0.1, 0.15) is 12.8 Å². The van der Waals surface area contributed by atoms with Crippen molar-refractivity contribution >= 4 is 17.5 Å². The van der Waals surface area contributed by atoms with Gasteiger partial charge in [0.05, 0.1) is 0 Å². The van der Waals surface area contributed by atoms with Crippen LogP contribution >= 0.6 is 11.6 Å². The van der Waals surface area contributed by atoms with Crippen molar-refractivity contribution in [1.82, 2.24) is 10.3 Å². The van der Waals surface area contributed by atoms with Crippen LogP contribution in [0.2, 0.25) is 0 Å². The van der Waals surface area contributed by atoms with Gasteiger partial charge in [-0.1, -0.05) is 11.6 Å². The molecule has 1 amide bonds. The molecule has 0 fully saturated rings. The minimum absolute atomic E-state index is 0.0661. The highest BCUT2D eigenvalue weighted by molar-refractivity contribution is 6.17. The predicted octanol–water partition coefficient (Wildman–Crippen LogP) is 0.982. The summed E-state index contributed by atoms with van der Waals surface area (Å²) >= 11 is 5.25. The summed E-state index contributed by atoms with van der Waals surface area (Å²) in [5.41, 5.74) is 0.549. The molecule has 0 bridgehead atoms. The van der Waals surface area contributed by atoms with Crippen molar-refractivity contribution in [2.24, 2.45) is 0 Å². The van der Waals surface area contributed by atoms with E-state index in [1.807, 2.05) is 0 Å². The molecule has 1 rings (SSSR count). The number of hydrogen-bond donors (Lipinski definition) is 1. The number of rotatable bonds is 4. The molecule has 4 nitrogen and oxygen atoms in total. The predicted molar refractivity (Wildman–Crippen MR) is 48.4 cm³/mol. The highest BCUT2D eigenvalue weighted by Crippen LogP contribution is 1.94. The molecular formula is C8H9ClN2O2. The summed E-state index contributed by atoms with van der Waals surface area (Å²) in [6.45, 7) is 0.116. The van der Waals surface area contributed by atoms with Crippen molar-refractivity contribution in [3.63, 3.8) is 0 Å². The molecule has 1 aromatic rings. The Morgan fingerprint density at radius 2 is 2.23 bits per heavy atom. The number of hydrogen-bond acceptors (Lipinski definition) is 3. The summed E-state index contributed by atoms with van der Waals surface area (Å²) < 4.78 is 4.74. The summed E-state index contributed by atoms with van der Waals surface area (Å²) in [6.07, 6.45) is 3.11. The van der Waals surface area contributed by atoms with Crippen molar-refractivity contribution in [3.05, 3.63) is 30.1 Å². The Morgan fingerprint density at radius 1 is 1.54 bits per heavy atom. The van der Waals surface area contributed by atoms with Gasteiger partial charge in [-0.2, -0.15) is 0 Å². The molecule has 0 unspecified atom stereocenters. The monoisotopic (exact) mass is 200 g/mol. The first-order valence-electron chi connectivity index (χ1n) is 3.66. The molecule has 0 aliphatic heterocycles. The van der Waals surface area contributed by atoms with Crippen LogP contribution in [0.1, 0.15) is 10.4 Å². The van der Waals surface area contributed by atoms with Crippen LogP contribution in [-0.2, 0) is 4.74 Å². The third kappa shape index (κ3) is 3.40. The van der Waals surface area contributed by atoms with E-state index in [0.29, 0.717) is 5.56 Å². The van der Waals surface area contributed by atoms with Gasteiger partial charge in [0, 0.05) is 18.0 Å². The van der Waals surface area contributed by atoms with Crippen LogP contribution in [0, 0.1) is 0 Å². The Balaban J connectivity index is 2.40. The maximum atomic E-state index is 11.3. The molecule has 1 heterocycles. The van der Waals surface area contributed by atoms with Crippen molar-refractivity contribution in [1.29, 1.82) is 0 Å². The smallest absolute Gasteiger partial charge is 0.253 e. The number of nitrogens with zero attached hydrogens (tertiary/aromatic N) is 1. The van der Waals surface area contributed by atoms with Gasteiger partial charge in [-0.05, 0) is 12.1 Å². The van der Waals surface area contributed by atoms with E-state index in [2.05, 4.69) is 10.3 Å². The fraction of sp³-hybridized carbons (Fsp3) is 0.250. The molecule has 0 radical (unpaired) electrons. The van der Waals surface area contributed by atoms with E-state index in [9.17, 15) is 4.79 Å². The van der Waals surface area contributed by atoms with Crippen molar-refractivity contribution in [2.45, 2.75) is 0 Å². The first-order valence-corrected chi connectivity index (χ1v) is 4.20. The van der Waals surface area contributed by atoms with E-state index in [0.717, 1.165) is 0 Å². The quantitative estimate of drug-likeness (QED) is 0.448. The lowest BCUT2D eigenvalue weighted by molar-refractivity contribution is 0.0856. The molecule has 1 N–H and O–H groups in total. The van der Waals surface area contributed by atoms with Crippen LogP contribution < -0.4 is 5.32 Å². The standard InChI is InChI=1S/C8H9ClN2O2/c9-5-13-6-11-8(12)7-1-3-10-4-2-7/h1-4H,5-6H2,(H,11,12). The molecule has 1 aromatic heterocycles. The normalized spacial score (nSPS) is 9.62. The van der Waals surface area contributed by atoms with E-state index in [-0.39, 0.29) is 18.7 Å². The Morgan fingerprint density at radius 3 is 2.85 bits per heavy atom. The fourth-order valence-corrected chi connectivity index (χ4v) is 0.838. The van der Waals surface area contributed by atoms with Gasteiger partial charge in [-0.15, -0.1) is 0 Å². The third-order valence-electron chi connectivity index (χ3n) is 1.35. The van der Waals surface area contributed by atoms with Crippen molar-refractivity contribution in [3.8, 4) is 0 Å². The van der Waals surface area contributed by atoms with Crippen LogP contribution in [0.3, 0.4) is 0 Å². The lowest BCUT2D eigenvalue weighted by Gasteiger charge is -2.03. The second-order valence-electron chi connectivity index (χ2n) is 2.20. The molecule has 0 saturated carbocycles. The van der Waals surface area contributed by atoms with E-state index in [1.54, 1.807) is 24.5 Å². The molecule has 0 aliphatic rings. The second-order valence-corrected chi connectivity index (χ2v) is 2.42. The summed E-state index contributed by atoms with van der Waals surface area (Å²) in [7, 11) is 0. The highest BCUT2D eigenvalue weighted by atomic mass is 35.5. The van der Waals surface area contributed by atoms with Crippen LogP contribution in [-0.4, -0.2) is 23.7 Å². The Labute approximate surface area is 80.9 Å². The molecule has 0 atom stereocenters. The number of amides is 1. The molecule has 13 heavy (non-hydrogen) atoms.